The summed E-state index contributed by atoms with van der Waals surface area (Å²) in [5, 5.41) is 0.609. The lowest BCUT2D eigenvalue weighted by atomic mass is 10.1. The fourth-order valence-corrected chi connectivity index (χ4v) is 3.62. The first-order valence-corrected chi connectivity index (χ1v) is 8.05. The highest BCUT2D eigenvalue weighted by molar-refractivity contribution is 7.71. The minimum atomic E-state index is -0.343. The second-order valence-corrected chi connectivity index (χ2v) is 6.29. The molecule has 1 aliphatic heterocycles. The zero-order chi connectivity index (χ0) is 15.0. The molecule has 2 aromatic rings. The van der Waals surface area contributed by atoms with E-state index in [4.69, 9.17) is 23.8 Å². The molecule has 1 aromatic heterocycles. The molecule has 1 N–H and O–H groups in total. The van der Waals surface area contributed by atoms with Gasteiger partial charge in [0.05, 0.1) is 16.1 Å². The number of carbonyl (C=O) groups excluding carboxylic acids is 1. The molecule has 1 amide bonds. The van der Waals surface area contributed by atoms with Crippen molar-refractivity contribution in [2.45, 2.75) is 32.2 Å². The van der Waals surface area contributed by atoms with Gasteiger partial charge in [-0.2, -0.15) is 0 Å². The van der Waals surface area contributed by atoms with Crippen LogP contribution in [-0.4, -0.2) is 33.4 Å². The maximum atomic E-state index is 12.7. The minimum Gasteiger partial charge on any atom is -0.341 e. The van der Waals surface area contributed by atoms with Crippen molar-refractivity contribution in [2.24, 2.45) is 0 Å². The summed E-state index contributed by atoms with van der Waals surface area (Å²) in [4.78, 5) is 17.8. The normalized spacial score (nSPS) is 17.1. The molecule has 1 atom stereocenters. The highest BCUT2D eigenvalue weighted by atomic mass is 35.5. The van der Waals surface area contributed by atoms with Crippen molar-refractivity contribution < 1.29 is 4.79 Å². The number of carbonyl (C=O) groups is 1. The first-order valence-electron chi connectivity index (χ1n) is 7.27. The summed E-state index contributed by atoms with van der Waals surface area (Å²) in [5.74, 6) is 0.117. The monoisotopic (exact) mass is 323 g/mol. The summed E-state index contributed by atoms with van der Waals surface area (Å²) in [6.45, 7) is 3.57. The zero-order valence-corrected chi connectivity index (χ0v) is 13.5. The van der Waals surface area contributed by atoms with Gasteiger partial charge in [0, 0.05) is 13.1 Å². The fraction of sp³-hybridized carbons (Fsp3) is 0.467. The van der Waals surface area contributed by atoms with Crippen LogP contribution in [0.25, 0.3) is 11.0 Å². The molecule has 0 radical (unpaired) electrons. The zero-order valence-electron chi connectivity index (χ0n) is 11.9. The van der Waals surface area contributed by atoms with Gasteiger partial charge in [-0.1, -0.05) is 17.7 Å². The standard InChI is InChI=1S/C15H18ClN3OS/c1-10(14(20)18-8-3-2-4-9-18)19-13-11(16)6-5-7-12(13)17-15(19)21/h5-7,10H,2-4,8-9H2,1H3,(H,17,21). The topological polar surface area (TPSA) is 41.0 Å². The van der Waals surface area contributed by atoms with Crippen LogP contribution in [0.1, 0.15) is 32.2 Å². The Labute approximate surface area is 133 Å². The number of para-hydroxylation sites is 1. The van der Waals surface area contributed by atoms with Crippen LogP contribution in [-0.2, 0) is 4.79 Å². The number of aromatic nitrogens is 2. The van der Waals surface area contributed by atoms with Crippen molar-refractivity contribution in [3.63, 3.8) is 0 Å². The molecule has 112 valence electrons. The van der Waals surface area contributed by atoms with Crippen LogP contribution in [0.5, 0.6) is 0 Å². The number of hydrogen-bond donors (Lipinski definition) is 1. The molecule has 4 nitrogen and oxygen atoms in total. The number of hydrogen-bond acceptors (Lipinski definition) is 2. The highest BCUT2D eigenvalue weighted by Crippen LogP contribution is 2.27. The quantitative estimate of drug-likeness (QED) is 0.851. The molecule has 1 saturated heterocycles. The Kier molecular flexibility index (Phi) is 4.04. The summed E-state index contributed by atoms with van der Waals surface area (Å²) in [5.41, 5.74) is 1.67. The lowest BCUT2D eigenvalue weighted by Crippen LogP contribution is -2.39. The molecule has 1 aromatic carbocycles. The Bertz CT molecular complexity index is 730. The molecule has 1 aliphatic rings. The molecule has 1 fully saturated rings. The average Bonchev–Trinajstić information content (AvgIpc) is 2.84. The lowest BCUT2D eigenvalue weighted by Gasteiger charge is -2.29. The molecule has 0 saturated carbocycles. The van der Waals surface area contributed by atoms with Crippen LogP contribution in [0.4, 0.5) is 0 Å². The third-order valence-corrected chi connectivity index (χ3v) is 4.70. The number of piperidine rings is 1. The maximum Gasteiger partial charge on any atom is 0.245 e. The van der Waals surface area contributed by atoms with E-state index in [1.807, 2.05) is 34.6 Å². The van der Waals surface area contributed by atoms with Crippen molar-refractivity contribution >= 4 is 40.8 Å². The second kappa shape index (κ2) is 5.81. The van der Waals surface area contributed by atoms with Gasteiger partial charge in [-0.3, -0.25) is 4.79 Å². The van der Waals surface area contributed by atoms with E-state index in [-0.39, 0.29) is 11.9 Å². The Hall–Kier alpha value is -1.33. The summed E-state index contributed by atoms with van der Waals surface area (Å²) in [6, 6.07) is 5.27. The van der Waals surface area contributed by atoms with E-state index in [1.54, 1.807) is 0 Å². The number of amides is 1. The van der Waals surface area contributed by atoms with Crippen molar-refractivity contribution in [3.8, 4) is 0 Å². The van der Waals surface area contributed by atoms with Crippen molar-refractivity contribution in [1.82, 2.24) is 14.5 Å². The third-order valence-electron chi connectivity index (χ3n) is 4.10. The van der Waals surface area contributed by atoms with Gasteiger partial charge in [0.25, 0.3) is 0 Å². The van der Waals surface area contributed by atoms with Gasteiger partial charge in [-0.15, -0.1) is 0 Å². The van der Waals surface area contributed by atoms with Gasteiger partial charge in [0.1, 0.15) is 6.04 Å². The molecule has 21 heavy (non-hydrogen) atoms. The lowest BCUT2D eigenvalue weighted by molar-refractivity contribution is -0.135. The van der Waals surface area contributed by atoms with Gasteiger partial charge in [0.15, 0.2) is 4.77 Å². The van der Waals surface area contributed by atoms with Crippen LogP contribution in [0, 0.1) is 4.77 Å². The van der Waals surface area contributed by atoms with Crippen LogP contribution >= 0.6 is 23.8 Å². The average molecular weight is 324 g/mol. The summed E-state index contributed by atoms with van der Waals surface area (Å²) >= 11 is 11.7. The number of benzene rings is 1. The molecular weight excluding hydrogens is 306 g/mol. The van der Waals surface area contributed by atoms with E-state index in [0.717, 1.165) is 37.0 Å². The van der Waals surface area contributed by atoms with Crippen LogP contribution < -0.4 is 0 Å². The largest absolute Gasteiger partial charge is 0.341 e. The number of fused-ring (bicyclic) bond motifs is 1. The number of imidazole rings is 1. The fourth-order valence-electron chi connectivity index (χ4n) is 3.00. The van der Waals surface area contributed by atoms with Gasteiger partial charge < -0.3 is 14.5 Å². The van der Waals surface area contributed by atoms with Crippen LogP contribution in [0.15, 0.2) is 18.2 Å². The molecule has 0 spiro atoms. The molecule has 0 bridgehead atoms. The molecule has 3 rings (SSSR count). The van der Waals surface area contributed by atoms with Crippen LogP contribution in [0.2, 0.25) is 5.02 Å². The SMILES string of the molecule is CC(C(=O)N1CCCCC1)n1c(=S)[nH]c2cccc(Cl)c21. The summed E-state index contributed by atoms with van der Waals surface area (Å²) in [7, 11) is 0. The number of aromatic amines is 1. The third kappa shape index (κ3) is 2.60. The Balaban J connectivity index is 2.01. The van der Waals surface area contributed by atoms with Crippen molar-refractivity contribution in [3.05, 3.63) is 28.0 Å². The maximum absolute atomic E-state index is 12.7. The molecular formula is C15H18ClN3OS. The number of likely N-dealkylation sites (tertiary alicyclic amines) is 1. The molecule has 0 aliphatic carbocycles. The van der Waals surface area contributed by atoms with Crippen LogP contribution in [0.3, 0.4) is 0 Å². The smallest absolute Gasteiger partial charge is 0.245 e. The van der Waals surface area contributed by atoms with E-state index in [1.165, 1.54) is 6.42 Å². The minimum absolute atomic E-state index is 0.117. The first-order chi connectivity index (χ1) is 10.1. The van der Waals surface area contributed by atoms with Crippen molar-refractivity contribution in [1.29, 1.82) is 0 Å². The second-order valence-electron chi connectivity index (χ2n) is 5.50. The Morgan fingerprint density at radius 3 is 2.76 bits per heavy atom. The molecule has 2 heterocycles. The van der Waals surface area contributed by atoms with Gasteiger partial charge in [-0.05, 0) is 50.5 Å². The summed E-state index contributed by atoms with van der Waals surface area (Å²) in [6.07, 6.45) is 3.37. The highest BCUT2D eigenvalue weighted by Gasteiger charge is 2.25. The Morgan fingerprint density at radius 1 is 1.33 bits per heavy atom. The van der Waals surface area contributed by atoms with E-state index in [0.29, 0.717) is 9.79 Å². The van der Waals surface area contributed by atoms with E-state index in [2.05, 4.69) is 4.98 Å². The Morgan fingerprint density at radius 2 is 2.05 bits per heavy atom. The van der Waals surface area contributed by atoms with Gasteiger partial charge in [0.2, 0.25) is 5.91 Å². The first kappa shape index (κ1) is 14.6. The van der Waals surface area contributed by atoms with Gasteiger partial charge >= 0.3 is 0 Å². The number of rotatable bonds is 2. The van der Waals surface area contributed by atoms with E-state index >= 15 is 0 Å². The van der Waals surface area contributed by atoms with Gasteiger partial charge in [-0.25, -0.2) is 0 Å². The summed E-state index contributed by atoms with van der Waals surface area (Å²) < 4.78 is 2.38. The number of nitrogens with one attached hydrogen (secondary N) is 1. The van der Waals surface area contributed by atoms with E-state index < -0.39 is 0 Å². The molecule has 6 heteroatoms. The van der Waals surface area contributed by atoms with E-state index in [9.17, 15) is 4.79 Å². The number of halogens is 1. The van der Waals surface area contributed by atoms with Crippen molar-refractivity contribution in [2.75, 3.05) is 13.1 Å². The predicted octanol–water partition coefficient (Wildman–Crippen LogP) is 3.93. The predicted molar refractivity (Wildman–Crippen MR) is 87.3 cm³/mol. The molecule has 1 unspecified atom stereocenters. The number of H-pyrrole nitrogens is 1. The number of nitrogens with zero attached hydrogens (tertiary/aromatic N) is 2.